The van der Waals surface area contributed by atoms with Crippen LogP contribution in [0.1, 0.15) is 43.6 Å². The van der Waals surface area contributed by atoms with E-state index in [9.17, 15) is 17.6 Å². The lowest BCUT2D eigenvalue weighted by molar-refractivity contribution is 0.0943. The van der Waals surface area contributed by atoms with E-state index in [0.717, 1.165) is 0 Å². The van der Waals surface area contributed by atoms with Crippen molar-refractivity contribution in [1.82, 2.24) is 9.62 Å². The third kappa shape index (κ3) is 5.59. The molecule has 34 heavy (non-hydrogen) atoms. The van der Waals surface area contributed by atoms with E-state index in [1.54, 1.807) is 44.2 Å². The normalized spacial score (nSPS) is 14.9. The highest BCUT2D eigenvalue weighted by Crippen LogP contribution is 2.28. The standard InChI is InChI=1S/C25H34FN3O4S/c1-5-29(6-2)34(31,32)19-11-12-23(28-13-15-33-16-14-28)20(17-19)24(30)27-18-25(3,4)21-9-7-8-10-22(21)26/h7-12,17H,5-6,13-16,18H2,1-4H3,(H,27,30). The summed E-state index contributed by atoms with van der Waals surface area (Å²) in [6, 6.07) is 11.2. The van der Waals surface area contributed by atoms with Gasteiger partial charge in [-0.25, -0.2) is 12.8 Å². The SMILES string of the molecule is CCN(CC)S(=O)(=O)c1ccc(N2CCOCC2)c(C(=O)NCC(C)(C)c2ccccc2F)c1. The lowest BCUT2D eigenvalue weighted by atomic mass is 9.84. The highest BCUT2D eigenvalue weighted by molar-refractivity contribution is 7.89. The number of carbonyl (C=O) groups is 1. The van der Waals surface area contributed by atoms with Gasteiger partial charge in [-0.3, -0.25) is 4.79 Å². The second kappa shape index (κ2) is 10.8. The van der Waals surface area contributed by atoms with Gasteiger partial charge < -0.3 is 15.0 Å². The molecule has 0 atom stereocenters. The minimum Gasteiger partial charge on any atom is -0.378 e. The molecule has 2 aromatic rings. The number of anilines is 1. The van der Waals surface area contributed by atoms with E-state index in [4.69, 9.17) is 4.74 Å². The number of hydrogen-bond acceptors (Lipinski definition) is 5. The van der Waals surface area contributed by atoms with Gasteiger partial charge in [-0.1, -0.05) is 45.9 Å². The number of benzene rings is 2. The molecule has 7 nitrogen and oxygen atoms in total. The summed E-state index contributed by atoms with van der Waals surface area (Å²) in [6.07, 6.45) is 0. The van der Waals surface area contributed by atoms with Crippen LogP contribution < -0.4 is 10.2 Å². The van der Waals surface area contributed by atoms with Crippen LogP contribution in [0.3, 0.4) is 0 Å². The number of morpholine rings is 1. The summed E-state index contributed by atoms with van der Waals surface area (Å²) in [5.41, 5.74) is 0.773. The molecule has 1 N–H and O–H groups in total. The molecule has 0 saturated carbocycles. The molecule has 0 spiro atoms. The summed E-state index contributed by atoms with van der Waals surface area (Å²) >= 11 is 0. The monoisotopic (exact) mass is 491 g/mol. The molecule has 186 valence electrons. The second-order valence-corrected chi connectivity index (χ2v) is 10.9. The number of carbonyl (C=O) groups excluding carboxylic acids is 1. The van der Waals surface area contributed by atoms with Crippen molar-refractivity contribution < 1.29 is 22.3 Å². The fourth-order valence-electron chi connectivity index (χ4n) is 4.15. The molecule has 0 aliphatic carbocycles. The van der Waals surface area contributed by atoms with Crippen LogP contribution in [0.2, 0.25) is 0 Å². The van der Waals surface area contributed by atoms with Gasteiger partial charge in [0.25, 0.3) is 5.91 Å². The van der Waals surface area contributed by atoms with Crippen molar-refractivity contribution in [2.45, 2.75) is 38.0 Å². The Kier molecular flexibility index (Phi) is 8.33. The molecule has 2 aromatic carbocycles. The predicted molar refractivity (Wildman–Crippen MR) is 131 cm³/mol. The Balaban J connectivity index is 1.94. The van der Waals surface area contributed by atoms with Crippen LogP contribution in [0, 0.1) is 5.82 Å². The first-order chi connectivity index (χ1) is 16.1. The maximum absolute atomic E-state index is 14.4. The van der Waals surface area contributed by atoms with Crippen LogP contribution in [0.15, 0.2) is 47.4 Å². The number of nitrogens with zero attached hydrogens (tertiary/aromatic N) is 2. The molecule has 1 fully saturated rings. The summed E-state index contributed by atoms with van der Waals surface area (Å²) in [6.45, 7) is 10.4. The maximum atomic E-state index is 14.4. The number of amides is 1. The number of halogens is 1. The second-order valence-electron chi connectivity index (χ2n) is 8.91. The third-order valence-electron chi connectivity index (χ3n) is 6.20. The van der Waals surface area contributed by atoms with E-state index in [1.807, 2.05) is 18.7 Å². The van der Waals surface area contributed by atoms with Crippen molar-refractivity contribution in [3.63, 3.8) is 0 Å². The van der Waals surface area contributed by atoms with Gasteiger partial charge in [-0.2, -0.15) is 4.31 Å². The minimum atomic E-state index is -3.74. The fourth-order valence-corrected chi connectivity index (χ4v) is 5.64. The average Bonchev–Trinajstić information content (AvgIpc) is 2.83. The quantitative estimate of drug-likeness (QED) is 0.582. The Morgan fingerprint density at radius 3 is 2.38 bits per heavy atom. The molecule has 0 radical (unpaired) electrons. The van der Waals surface area contributed by atoms with Gasteiger partial charge in [0, 0.05) is 43.8 Å². The van der Waals surface area contributed by atoms with Gasteiger partial charge in [-0.15, -0.1) is 0 Å². The number of hydrogen-bond donors (Lipinski definition) is 1. The van der Waals surface area contributed by atoms with E-state index < -0.39 is 21.3 Å². The summed E-state index contributed by atoms with van der Waals surface area (Å²) in [5.74, 6) is -0.731. The van der Waals surface area contributed by atoms with Gasteiger partial charge in [0.1, 0.15) is 5.82 Å². The van der Waals surface area contributed by atoms with Gasteiger partial charge in [0.2, 0.25) is 10.0 Å². The fraction of sp³-hybridized carbons (Fsp3) is 0.480. The van der Waals surface area contributed by atoms with E-state index in [0.29, 0.717) is 50.6 Å². The lowest BCUT2D eigenvalue weighted by Crippen LogP contribution is -2.40. The summed E-state index contributed by atoms with van der Waals surface area (Å²) in [7, 11) is -3.74. The van der Waals surface area contributed by atoms with Crippen molar-refractivity contribution in [3.05, 3.63) is 59.4 Å². The molecular formula is C25H34FN3O4S. The number of ether oxygens (including phenoxy) is 1. The zero-order valence-electron chi connectivity index (χ0n) is 20.3. The lowest BCUT2D eigenvalue weighted by Gasteiger charge is -2.31. The van der Waals surface area contributed by atoms with Crippen molar-refractivity contribution in [2.75, 3.05) is 50.8 Å². The number of nitrogens with one attached hydrogen (secondary N) is 1. The van der Waals surface area contributed by atoms with E-state index in [-0.39, 0.29) is 22.8 Å². The molecule has 1 saturated heterocycles. The number of rotatable bonds is 9. The van der Waals surface area contributed by atoms with Crippen LogP contribution in [-0.4, -0.2) is 64.6 Å². The molecule has 0 aromatic heterocycles. The molecule has 1 heterocycles. The molecule has 1 aliphatic heterocycles. The highest BCUT2D eigenvalue weighted by Gasteiger charge is 2.28. The van der Waals surface area contributed by atoms with E-state index in [2.05, 4.69) is 5.32 Å². The van der Waals surface area contributed by atoms with Crippen LogP contribution in [0.4, 0.5) is 10.1 Å². The first-order valence-corrected chi connectivity index (χ1v) is 13.1. The summed E-state index contributed by atoms with van der Waals surface area (Å²) in [4.78, 5) is 15.5. The topological polar surface area (TPSA) is 79.0 Å². The Morgan fingerprint density at radius 2 is 1.76 bits per heavy atom. The molecule has 3 rings (SSSR count). The molecule has 1 aliphatic rings. The molecular weight excluding hydrogens is 457 g/mol. The highest BCUT2D eigenvalue weighted by atomic mass is 32.2. The largest absolute Gasteiger partial charge is 0.378 e. The van der Waals surface area contributed by atoms with Crippen molar-refractivity contribution in [2.24, 2.45) is 0 Å². The van der Waals surface area contributed by atoms with Gasteiger partial charge in [0.05, 0.1) is 23.7 Å². The predicted octanol–water partition coefficient (Wildman–Crippen LogP) is 3.40. The van der Waals surface area contributed by atoms with Crippen molar-refractivity contribution in [1.29, 1.82) is 0 Å². The number of sulfonamides is 1. The van der Waals surface area contributed by atoms with Crippen LogP contribution in [-0.2, 0) is 20.2 Å². The zero-order valence-corrected chi connectivity index (χ0v) is 21.1. The van der Waals surface area contributed by atoms with Crippen molar-refractivity contribution >= 4 is 21.6 Å². The Labute approximate surface area is 201 Å². The van der Waals surface area contributed by atoms with Gasteiger partial charge in [0.15, 0.2) is 0 Å². The molecule has 1 amide bonds. The Bertz CT molecular complexity index is 1110. The zero-order chi connectivity index (χ0) is 24.9. The smallest absolute Gasteiger partial charge is 0.253 e. The maximum Gasteiger partial charge on any atom is 0.253 e. The van der Waals surface area contributed by atoms with Gasteiger partial charge in [-0.05, 0) is 29.8 Å². The van der Waals surface area contributed by atoms with Crippen LogP contribution in [0.25, 0.3) is 0 Å². The Hall–Kier alpha value is -2.49. The average molecular weight is 492 g/mol. The van der Waals surface area contributed by atoms with Crippen molar-refractivity contribution in [3.8, 4) is 0 Å². The summed E-state index contributed by atoms with van der Waals surface area (Å²) < 4.78 is 47.4. The van der Waals surface area contributed by atoms with E-state index in [1.165, 1.54) is 16.4 Å². The Morgan fingerprint density at radius 1 is 1.12 bits per heavy atom. The molecule has 0 bridgehead atoms. The van der Waals surface area contributed by atoms with Crippen LogP contribution in [0.5, 0.6) is 0 Å². The first kappa shape index (κ1) is 26.1. The molecule has 0 unspecified atom stereocenters. The molecule has 9 heteroatoms. The minimum absolute atomic E-state index is 0.0757. The third-order valence-corrected chi connectivity index (χ3v) is 8.25. The van der Waals surface area contributed by atoms with Crippen LogP contribution >= 0.6 is 0 Å². The summed E-state index contributed by atoms with van der Waals surface area (Å²) in [5, 5.41) is 2.91. The van der Waals surface area contributed by atoms with Gasteiger partial charge >= 0.3 is 0 Å². The first-order valence-electron chi connectivity index (χ1n) is 11.6. The van der Waals surface area contributed by atoms with E-state index >= 15 is 0 Å².